The van der Waals surface area contributed by atoms with E-state index in [1.807, 2.05) is 0 Å². The number of rotatable bonds is 0. The third kappa shape index (κ3) is 2.62. The normalized spacial score (nSPS) is 9.23. The average molecular weight is 217 g/mol. The Hall–Kier alpha value is -0.710. The molecular weight excluding hydrogens is 210 g/mol. The van der Waals surface area contributed by atoms with Crippen molar-refractivity contribution in [1.82, 2.24) is 0 Å². The van der Waals surface area contributed by atoms with Crippen LogP contribution in [0.3, 0.4) is 0 Å². The highest BCUT2D eigenvalue weighted by Gasteiger charge is 2.02. The Balaban J connectivity index is 3.16. The Labute approximate surface area is 86.7 Å². The molecule has 0 saturated heterocycles. The quantitative estimate of drug-likeness (QED) is 0.461. The van der Waals surface area contributed by atoms with Gasteiger partial charge >= 0.3 is 0 Å². The third-order valence-corrected chi connectivity index (χ3v) is 1.98. The Kier molecular flexibility index (Phi) is 3.59. The summed E-state index contributed by atoms with van der Waals surface area (Å²) in [6.07, 6.45) is 0. The van der Waals surface area contributed by atoms with E-state index in [1.54, 1.807) is 13.0 Å². The smallest absolute Gasteiger partial charge is 0.127 e. The Morgan fingerprint density at radius 1 is 1.46 bits per heavy atom. The van der Waals surface area contributed by atoms with Gasteiger partial charge in [0.15, 0.2) is 0 Å². The second-order valence-electron chi connectivity index (χ2n) is 2.52. The minimum atomic E-state index is -0.318. The molecule has 0 spiro atoms. The van der Waals surface area contributed by atoms with Crippen LogP contribution in [0.15, 0.2) is 12.1 Å². The maximum absolute atomic E-state index is 12.9. The number of aryl methyl sites for hydroxylation is 1. The van der Waals surface area contributed by atoms with E-state index in [4.69, 9.17) is 23.2 Å². The van der Waals surface area contributed by atoms with Crippen LogP contribution in [-0.4, -0.2) is 5.88 Å². The van der Waals surface area contributed by atoms with E-state index in [0.29, 0.717) is 16.1 Å². The largest absolute Gasteiger partial charge is 0.207 e. The van der Waals surface area contributed by atoms with Gasteiger partial charge in [-0.25, -0.2) is 4.39 Å². The lowest BCUT2D eigenvalue weighted by Gasteiger charge is -1.99. The molecular formula is C10H7Cl2F. The van der Waals surface area contributed by atoms with Gasteiger partial charge in [-0.2, -0.15) is 0 Å². The molecule has 1 aromatic carbocycles. The number of halogens is 3. The zero-order chi connectivity index (χ0) is 9.84. The zero-order valence-electron chi connectivity index (χ0n) is 7.00. The molecule has 0 amide bonds. The Bertz CT molecular complexity index is 374. The first-order valence-electron chi connectivity index (χ1n) is 3.65. The van der Waals surface area contributed by atoms with Gasteiger partial charge in [0.25, 0.3) is 0 Å². The van der Waals surface area contributed by atoms with Crippen LogP contribution in [0.4, 0.5) is 4.39 Å². The molecule has 0 radical (unpaired) electrons. The molecule has 0 heterocycles. The van der Waals surface area contributed by atoms with Gasteiger partial charge < -0.3 is 0 Å². The van der Waals surface area contributed by atoms with E-state index in [9.17, 15) is 4.39 Å². The van der Waals surface area contributed by atoms with Crippen LogP contribution in [0.2, 0.25) is 5.02 Å². The number of hydrogen-bond donors (Lipinski definition) is 0. The van der Waals surface area contributed by atoms with Gasteiger partial charge in [-0.1, -0.05) is 23.4 Å². The van der Waals surface area contributed by atoms with Crippen LogP contribution in [0.1, 0.15) is 11.1 Å². The van der Waals surface area contributed by atoms with E-state index < -0.39 is 0 Å². The van der Waals surface area contributed by atoms with Crippen LogP contribution in [0.25, 0.3) is 0 Å². The Morgan fingerprint density at radius 2 is 2.15 bits per heavy atom. The summed E-state index contributed by atoms with van der Waals surface area (Å²) in [6.45, 7) is 1.66. The van der Waals surface area contributed by atoms with Crippen LogP contribution < -0.4 is 0 Å². The van der Waals surface area contributed by atoms with E-state index in [0.717, 1.165) is 0 Å². The first kappa shape index (κ1) is 10.4. The van der Waals surface area contributed by atoms with E-state index in [-0.39, 0.29) is 11.7 Å². The molecule has 0 aromatic heterocycles. The second kappa shape index (κ2) is 4.50. The molecule has 0 aliphatic rings. The lowest BCUT2D eigenvalue weighted by Crippen LogP contribution is -1.86. The summed E-state index contributed by atoms with van der Waals surface area (Å²) >= 11 is 11.1. The molecule has 1 aromatic rings. The van der Waals surface area contributed by atoms with Crippen molar-refractivity contribution in [2.45, 2.75) is 6.92 Å². The molecule has 0 N–H and O–H groups in total. The molecule has 0 aliphatic heterocycles. The zero-order valence-corrected chi connectivity index (χ0v) is 8.51. The molecule has 0 fully saturated rings. The maximum Gasteiger partial charge on any atom is 0.127 e. The summed E-state index contributed by atoms with van der Waals surface area (Å²) in [5, 5.41) is 0.320. The SMILES string of the molecule is Cc1cc(C#CCCl)c(Cl)cc1F. The summed E-state index contributed by atoms with van der Waals surface area (Å²) in [5.74, 6) is 5.34. The predicted octanol–water partition coefficient (Wildman–Crippen LogP) is 3.38. The van der Waals surface area contributed by atoms with Crippen LogP contribution in [0.5, 0.6) is 0 Å². The summed E-state index contributed by atoms with van der Waals surface area (Å²) in [7, 11) is 0. The van der Waals surface area contributed by atoms with Crippen molar-refractivity contribution >= 4 is 23.2 Å². The maximum atomic E-state index is 12.9. The van der Waals surface area contributed by atoms with E-state index in [1.165, 1.54) is 6.07 Å². The van der Waals surface area contributed by atoms with Gasteiger partial charge in [-0.15, -0.1) is 11.6 Å². The molecule has 0 aliphatic carbocycles. The molecule has 0 saturated carbocycles. The average Bonchev–Trinajstić information content (AvgIpc) is 2.09. The third-order valence-electron chi connectivity index (χ3n) is 1.54. The monoisotopic (exact) mass is 216 g/mol. The molecule has 0 atom stereocenters. The number of hydrogen-bond acceptors (Lipinski definition) is 0. The van der Waals surface area contributed by atoms with Crippen molar-refractivity contribution in [2.75, 3.05) is 5.88 Å². The first-order valence-corrected chi connectivity index (χ1v) is 4.57. The summed E-state index contributed by atoms with van der Waals surface area (Å²) < 4.78 is 12.9. The second-order valence-corrected chi connectivity index (χ2v) is 3.19. The topological polar surface area (TPSA) is 0 Å². The fourth-order valence-electron chi connectivity index (χ4n) is 0.882. The highest BCUT2D eigenvalue weighted by atomic mass is 35.5. The molecule has 0 bridgehead atoms. The van der Waals surface area contributed by atoms with Crippen molar-refractivity contribution in [3.05, 3.63) is 34.1 Å². The van der Waals surface area contributed by atoms with Gasteiger partial charge in [-0.3, -0.25) is 0 Å². The van der Waals surface area contributed by atoms with Crippen LogP contribution in [-0.2, 0) is 0 Å². The van der Waals surface area contributed by atoms with Crippen molar-refractivity contribution < 1.29 is 4.39 Å². The molecule has 3 heteroatoms. The minimum Gasteiger partial charge on any atom is -0.207 e. The molecule has 0 unspecified atom stereocenters. The van der Waals surface area contributed by atoms with Gasteiger partial charge in [-0.05, 0) is 24.6 Å². The summed E-state index contributed by atoms with van der Waals surface area (Å²) in [4.78, 5) is 0. The standard InChI is InChI=1S/C10H7Cl2F/c1-7-5-8(3-2-4-11)9(12)6-10(7)13/h5-6H,4H2,1H3. The highest BCUT2D eigenvalue weighted by molar-refractivity contribution is 6.31. The lowest BCUT2D eigenvalue weighted by molar-refractivity contribution is 0.618. The molecule has 68 valence electrons. The number of alkyl halides is 1. The Morgan fingerprint density at radius 3 is 2.77 bits per heavy atom. The van der Waals surface area contributed by atoms with Gasteiger partial charge in [0.2, 0.25) is 0 Å². The lowest BCUT2D eigenvalue weighted by atomic mass is 10.1. The van der Waals surface area contributed by atoms with Gasteiger partial charge in [0.05, 0.1) is 10.9 Å². The summed E-state index contributed by atoms with van der Waals surface area (Å²) in [6, 6.07) is 2.87. The fourth-order valence-corrected chi connectivity index (χ4v) is 1.15. The van der Waals surface area contributed by atoms with E-state index >= 15 is 0 Å². The van der Waals surface area contributed by atoms with Crippen molar-refractivity contribution in [3.8, 4) is 11.8 Å². The van der Waals surface area contributed by atoms with Gasteiger partial charge in [0, 0.05) is 5.56 Å². The predicted molar refractivity (Wildman–Crippen MR) is 53.7 cm³/mol. The minimum absolute atomic E-state index is 0.243. The summed E-state index contributed by atoms with van der Waals surface area (Å²) in [5.41, 5.74) is 1.14. The molecule has 1 rings (SSSR count). The van der Waals surface area contributed by atoms with Crippen LogP contribution in [0, 0.1) is 24.6 Å². The highest BCUT2D eigenvalue weighted by Crippen LogP contribution is 2.19. The fraction of sp³-hybridized carbons (Fsp3) is 0.200. The molecule has 13 heavy (non-hydrogen) atoms. The van der Waals surface area contributed by atoms with Gasteiger partial charge in [0.1, 0.15) is 5.82 Å². The van der Waals surface area contributed by atoms with E-state index in [2.05, 4.69) is 11.8 Å². The molecule has 0 nitrogen and oxygen atoms in total. The van der Waals surface area contributed by atoms with Crippen LogP contribution >= 0.6 is 23.2 Å². The first-order chi connectivity index (χ1) is 6.15. The van der Waals surface area contributed by atoms with Crippen molar-refractivity contribution in [1.29, 1.82) is 0 Å². The van der Waals surface area contributed by atoms with Crippen molar-refractivity contribution in [2.24, 2.45) is 0 Å². The van der Waals surface area contributed by atoms with Crippen molar-refractivity contribution in [3.63, 3.8) is 0 Å². The number of benzene rings is 1.